The highest BCUT2D eigenvalue weighted by Crippen LogP contribution is 2.22. The van der Waals surface area contributed by atoms with Crippen molar-refractivity contribution in [1.82, 2.24) is 0 Å². The molecule has 2 rings (SSSR count). The molecule has 0 N–H and O–H groups in total. The first kappa shape index (κ1) is 16.9. The molecule has 0 bridgehead atoms. The van der Waals surface area contributed by atoms with Crippen molar-refractivity contribution in [1.29, 1.82) is 0 Å². The largest absolute Gasteiger partial charge is 0.311 e. The van der Waals surface area contributed by atoms with Gasteiger partial charge in [0, 0.05) is 17.3 Å². The molecule has 2 nitrogen and oxygen atoms in total. The van der Waals surface area contributed by atoms with E-state index >= 15 is 0 Å². The van der Waals surface area contributed by atoms with Crippen LogP contribution in [0.5, 0.6) is 0 Å². The average molecular weight is 336 g/mol. The molecule has 0 aliphatic heterocycles. The molecule has 0 aliphatic rings. The zero-order valence-electron chi connectivity index (χ0n) is 12.7. The average Bonchev–Trinajstić information content (AvgIpc) is 2.50. The molecule has 2 aromatic carbocycles. The van der Waals surface area contributed by atoms with Crippen LogP contribution >= 0.6 is 23.2 Å². The Bertz CT molecular complexity index is 638. The summed E-state index contributed by atoms with van der Waals surface area (Å²) in [4.78, 5) is 14.2. The third-order valence-electron chi connectivity index (χ3n) is 3.55. The normalized spacial score (nSPS) is 12.0. The Hall–Kier alpha value is -1.51. The van der Waals surface area contributed by atoms with Gasteiger partial charge < -0.3 is 4.90 Å². The van der Waals surface area contributed by atoms with E-state index in [1.54, 1.807) is 11.8 Å². The van der Waals surface area contributed by atoms with Gasteiger partial charge in [-0.25, -0.2) is 0 Å². The lowest BCUT2D eigenvalue weighted by molar-refractivity contribution is -0.118. The zero-order chi connectivity index (χ0) is 16.1. The first-order chi connectivity index (χ1) is 10.5. The highest BCUT2D eigenvalue weighted by atomic mass is 35.5. The number of nitrogens with zero attached hydrogens (tertiary/aromatic N) is 1. The van der Waals surface area contributed by atoms with E-state index in [2.05, 4.69) is 0 Å². The number of halogens is 2. The van der Waals surface area contributed by atoms with Gasteiger partial charge in [0.2, 0.25) is 5.91 Å². The van der Waals surface area contributed by atoms with Gasteiger partial charge in [0.25, 0.3) is 0 Å². The molecular weight excluding hydrogens is 317 g/mol. The predicted molar refractivity (Wildman–Crippen MR) is 94.0 cm³/mol. The van der Waals surface area contributed by atoms with Crippen molar-refractivity contribution in [2.24, 2.45) is 0 Å². The molecule has 4 heteroatoms. The summed E-state index contributed by atoms with van der Waals surface area (Å²) < 4.78 is 0. The number of hydrogen-bond donors (Lipinski definition) is 0. The molecule has 0 heterocycles. The second kappa shape index (κ2) is 7.66. The summed E-state index contributed by atoms with van der Waals surface area (Å²) in [5.41, 5.74) is 3.11. The lowest BCUT2D eigenvalue weighted by Crippen LogP contribution is -2.37. The molecule has 116 valence electrons. The number of carbonyl (C=O) groups excluding carboxylic acids is 1. The standard InChI is InChI=1S/C18H19Cl2NO/c1-13-5-3-4-6-17(13)21(18(22)14(2)19)12-11-15-7-9-16(20)10-8-15/h3-10,14H,11-12H2,1-2H3. The van der Waals surface area contributed by atoms with Gasteiger partial charge in [0.05, 0.1) is 0 Å². The number of aryl methyl sites for hydroxylation is 1. The molecule has 22 heavy (non-hydrogen) atoms. The van der Waals surface area contributed by atoms with E-state index in [1.807, 2.05) is 55.5 Å². The van der Waals surface area contributed by atoms with Crippen molar-refractivity contribution < 1.29 is 4.79 Å². The lowest BCUT2D eigenvalue weighted by Gasteiger charge is -2.25. The Morgan fingerprint density at radius 3 is 2.36 bits per heavy atom. The second-order valence-corrected chi connectivity index (χ2v) is 6.36. The summed E-state index contributed by atoms with van der Waals surface area (Å²) in [6, 6.07) is 15.5. The van der Waals surface area contributed by atoms with E-state index in [0.29, 0.717) is 11.6 Å². The Labute approximate surface area is 141 Å². The summed E-state index contributed by atoms with van der Waals surface area (Å²) in [6.45, 7) is 4.29. The van der Waals surface area contributed by atoms with Crippen LogP contribution < -0.4 is 4.90 Å². The molecule has 0 aliphatic carbocycles. The number of benzene rings is 2. The molecule has 1 atom stereocenters. The van der Waals surface area contributed by atoms with Crippen molar-refractivity contribution in [3.8, 4) is 0 Å². The minimum Gasteiger partial charge on any atom is -0.311 e. The molecule has 1 amide bonds. The van der Waals surface area contributed by atoms with E-state index in [1.165, 1.54) is 0 Å². The van der Waals surface area contributed by atoms with Crippen molar-refractivity contribution in [2.75, 3.05) is 11.4 Å². The second-order valence-electron chi connectivity index (χ2n) is 5.27. The first-order valence-corrected chi connectivity index (χ1v) is 8.06. The molecule has 1 unspecified atom stereocenters. The van der Waals surface area contributed by atoms with E-state index < -0.39 is 5.38 Å². The van der Waals surface area contributed by atoms with Crippen LogP contribution in [-0.2, 0) is 11.2 Å². The minimum absolute atomic E-state index is 0.0788. The van der Waals surface area contributed by atoms with E-state index in [0.717, 1.165) is 23.2 Å². The minimum atomic E-state index is -0.551. The number of amides is 1. The molecule has 0 saturated heterocycles. The maximum Gasteiger partial charge on any atom is 0.244 e. The fourth-order valence-corrected chi connectivity index (χ4v) is 2.57. The van der Waals surface area contributed by atoms with Gasteiger partial charge in [-0.2, -0.15) is 0 Å². The Morgan fingerprint density at radius 2 is 1.77 bits per heavy atom. The predicted octanol–water partition coefficient (Wildman–Crippen LogP) is 4.85. The van der Waals surface area contributed by atoms with Crippen molar-refractivity contribution in [3.63, 3.8) is 0 Å². The Morgan fingerprint density at radius 1 is 1.14 bits per heavy atom. The zero-order valence-corrected chi connectivity index (χ0v) is 14.2. The molecule has 0 fully saturated rings. The monoisotopic (exact) mass is 335 g/mol. The van der Waals surface area contributed by atoms with Crippen LogP contribution in [0.1, 0.15) is 18.1 Å². The highest BCUT2D eigenvalue weighted by Gasteiger charge is 2.21. The summed E-state index contributed by atoms with van der Waals surface area (Å²) in [7, 11) is 0. The fraction of sp³-hybridized carbons (Fsp3) is 0.278. The summed E-state index contributed by atoms with van der Waals surface area (Å²) >= 11 is 11.9. The van der Waals surface area contributed by atoms with Gasteiger partial charge in [-0.1, -0.05) is 41.9 Å². The van der Waals surface area contributed by atoms with Crippen LogP contribution in [0.15, 0.2) is 48.5 Å². The van der Waals surface area contributed by atoms with Gasteiger partial charge in [-0.05, 0) is 49.6 Å². The van der Waals surface area contributed by atoms with Crippen LogP contribution in [0.4, 0.5) is 5.69 Å². The molecule has 0 radical (unpaired) electrons. The number of anilines is 1. The van der Waals surface area contributed by atoms with Crippen LogP contribution in [0.25, 0.3) is 0 Å². The number of hydrogen-bond acceptors (Lipinski definition) is 1. The summed E-state index contributed by atoms with van der Waals surface area (Å²) in [5, 5.41) is 0.162. The maximum absolute atomic E-state index is 12.4. The topological polar surface area (TPSA) is 20.3 Å². The highest BCUT2D eigenvalue weighted by molar-refractivity contribution is 6.32. The van der Waals surface area contributed by atoms with E-state index in [9.17, 15) is 4.79 Å². The SMILES string of the molecule is Cc1ccccc1N(CCc1ccc(Cl)cc1)C(=O)C(C)Cl. The lowest BCUT2D eigenvalue weighted by atomic mass is 10.1. The summed E-state index contributed by atoms with van der Waals surface area (Å²) in [5.74, 6) is -0.0788. The van der Waals surface area contributed by atoms with Crippen LogP contribution in [0.2, 0.25) is 5.02 Å². The Kier molecular flexibility index (Phi) is 5.87. The molecule has 0 spiro atoms. The van der Waals surface area contributed by atoms with Crippen LogP contribution in [0, 0.1) is 6.92 Å². The number of carbonyl (C=O) groups is 1. The van der Waals surface area contributed by atoms with E-state index in [-0.39, 0.29) is 5.91 Å². The molecule has 2 aromatic rings. The van der Waals surface area contributed by atoms with Gasteiger partial charge >= 0.3 is 0 Å². The van der Waals surface area contributed by atoms with Gasteiger partial charge in [-0.3, -0.25) is 4.79 Å². The fourth-order valence-electron chi connectivity index (χ4n) is 2.32. The third kappa shape index (κ3) is 4.25. The van der Waals surface area contributed by atoms with Crippen LogP contribution in [0.3, 0.4) is 0 Å². The number of rotatable bonds is 5. The number of alkyl halides is 1. The van der Waals surface area contributed by atoms with Crippen molar-refractivity contribution >= 4 is 34.8 Å². The van der Waals surface area contributed by atoms with Gasteiger partial charge in [-0.15, -0.1) is 11.6 Å². The quantitative estimate of drug-likeness (QED) is 0.715. The molecule has 0 saturated carbocycles. The molecular formula is C18H19Cl2NO. The summed E-state index contributed by atoms with van der Waals surface area (Å²) in [6.07, 6.45) is 0.751. The third-order valence-corrected chi connectivity index (χ3v) is 3.99. The maximum atomic E-state index is 12.4. The van der Waals surface area contributed by atoms with Crippen molar-refractivity contribution in [3.05, 3.63) is 64.7 Å². The van der Waals surface area contributed by atoms with E-state index in [4.69, 9.17) is 23.2 Å². The van der Waals surface area contributed by atoms with Crippen LogP contribution in [-0.4, -0.2) is 17.8 Å². The van der Waals surface area contributed by atoms with Crippen molar-refractivity contribution in [2.45, 2.75) is 25.6 Å². The van der Waals surface area contributed by atoms with Gasteiger partial charge in [0.1, 0.15) is 5.38 Å². The molecule has 0 aromatic heterocycles. The Balaban J connectivity index is 2.20. The smallest absolute Gasteiger partial charge is 0.244 e. The number of para-hydroxylation sites is 1. The first-order valence-electron chi connectivity index (χ1n) is 7.24. The van der Waals surface area contributed by atoms with Gasteiger partial charge in [0.15, 0.2) is 0 Å².